The number of carbonyl (C=O) groups excluding carboxylic acids is 1. The van der Waals surface area contributed by atoms with E-state index in [9.17, 15) is 13.6 Å². The zero-order valence-electron chi connectivity index (χ0n) is 10.9. The third-order valence-electron chi connectivity index (χ3n) is 2.88. The molecule has 1 atom stereocenters. The van der Waals surface area contributed by atoms with Gasteiger partial charge in [-0.3, -0.25) is 4.79 Å². The molecule has 0 aliphatic heterocycles. The standard InChI is InChI=1S/C15H14F2N2O/c1-9(18)10-2-5-12(6-3-10)19-15(20)11-4-7-13(16)14(17)8-11/h2-9H,18H2,1H3,(H,19,20). The van der Waals surface area contributed by atoms with Crippen LogP contribution in [0.25, 0.3) is 0 Å². The molecular weight excluding hydrogens is 262 g/mol. The van der Waals surface area contributed by atoms with Gasteiger partial charge in [-0.2, -0.15) is 0 Å². The lowest BCUT2D eigenvalue weighted by atomic mass is 10.1. The van der Waals surface area contributed by atoms with E-state index in [0.29, 0.717) is 5.69 Å². The minimum absolute atomic E-state index is 0.0557. The van der Waals surface area contributed by atoms with Crippen molar-refractivity contribution in [2.45, 2.75) is 13.0 Å². The Balaban J connectivity index is 2.12. The fourth-order valence-electron chi connectivity index (χ4n) is 1.71. The lowest BCUT2D eigenvalue weighted by Gasteiger charge is -2.08. The Kier molecular flexibility index (Phi) is 4.10. The van der Waals surface area contributed by atoms with Gasteiger partial charge in [0.05, 0.1) is 0 Å². The summed E-state index contributed by atoms with van der Waals surface area (Å²) in [7, 11) is 0. The summed E-state index contributed by atoms with van der Waals surface area (Å²) >= 11 is 0. The average Bonchev–Trinajstić information content (AvgIpc) is 2.42. The zero-order valence-corrected chi connectivity index (χ0v) is 10.9. The first-order valence-corrected chi connectivity index (χ1v) is 6.09. The first kappa shape index (κ1) is 14.1. The van der Waals surface area contributed by atoms with Crippen LogP contribution in [-0.4, -0.2) is 5.91 Å². The van der Waals surface area contributed by atoms with Crippen molar-refractivity contribution in [2.24, 2.45) is 5.73 Å². The van der Waals surface area contributed by atoms with Crippen molar-refractivity contribution >= 4 is 11.6 Å². The van der Waals surface area contributed by atoms with Gasteiger partial charge < -0.3 is 11.1 Å². The van der Waals surface area contributed by atoms with Crippen molar-refractivity contribution in [2.75, 3.05) is 5.32 Å². The van der Waals surface area contributed by atoms with Gasteiger partial charge in [-0.1, -0.05) is 12.1 Å². The van der Waals surface area contributed by atoms with E-state index in [1.807, 2.05) is 6.92 Å². The summed E-state index contributed by atoms with van der Waals surface area (Å²) in [5, 5.41) is 2.60. The first-order chi connectivity index (χ1) is 9.47. The third kappa shape index (κ3) is 3.19. The topological polar surface area (TPSA) is 55.1 Å². The molecule has 2 aromatic rings. The molecular formula is C15H14F2N2O. The highest BCUT2D eigenvalue weighted by Crippen LogP contribution is 2.16. The van der Waals surface area contributed by atoms with E-state index in [-0.39, 0.29) is 11.6 Å². The number of nitrogens with two attached hydrogens (primary N) is 1. The van der Waals surface area contributed by atoms with Gasteiger partial charge in [0.1, 0.15) is 0 Å². The van der Waals surface area contributed by atoms with Gasteiger partial charge in [-0.25, -0.2) is 8.78 Å². The number of amides is 1. The van der Waals surface area contributed by atoms with E-state index in [4.69, 9.17) is 5.73 Å². The van der Waals surface area contributed by atoms with Crippen LogP contribution in [0.4, 0.5) is 14.5 Å². The lowest BCUT2D eigenvalue weighted by molar-refractivity contribution is 0.102. The number of halogens is 2. The Morgan fingerprint density at radius 3 is 2.30 bits per heavy atom. The average molecular weight is 276 g/mol. The highest BCUT2D eigenvalue weighted by molar-refractivity contribution is 6.04. The van der Waals surface area contributed by atoms with Crippen molar-refractivity contribution in [1.82, 2.24) is 0 Å². The van der Waals surface area contributed by atoms with Crippen LogP contribution in [0.2, 0.25) is 0 Å². The van der Waals surface area contributed by atoms with Crippen LogP contribution in [0.3, 0.4) is 0 Å². The Labute approximate surface area is 115 Å². The normalized spacial score (nSPS) is 12.0. The number of carbonyl (C=O) groups is 1. The molecule has 0 aliphatic rings. The van der Waals surface area contributed by atoms with E-state index in [2.05, 4.69) is 5.32 Å². The molecule has 0 spiro atoms. The van der Waals surface area contributed by atoms with Crippen molar-refractivity contribution in [3.05, 3.63) is 65.2 Å². The number of rotatable bonds is 3. The van der Waals surface area contributed by atoms with Crippen LogP contribution in [0.1, 0.15) is 28.9 Å². The van der Waals surface area contributed by atoms with E-state index in [1.54, 1.807) is 24.3 Å². The van der Waals surface area contributed by atoms with Crippen LogP contribution >= 0.6 is 0 Å². The summed E-state index contributed by atoms with van der Waals surface area (Å²) in [6.07, 6.45) is 0. The summed E-state index contributed by atoms with van der Waals surface area (Å²) in [4.78, 5) is 11.9. The predicted octanol–water partition coefficient (Wildman–Crippen LogP) is 3.24. The summed E-state index contributed by atoms with van der Waals surface area (Å²) in [6, 6.07) is 9.92. The molecule has 0 aromatic heterocycles. The van der Waals surface area contributed by atoms with E-state index < -0.39 is 17.5 Å². The molecule has 0 saturated heterocycles. The van der Waals surface area contributed by atoms with E-state index in [1.165, 1.54) is 6.07 Å². The summed E-state index contributed by atoms with van der Waals surface area (Å²) < 4.78 is 25.8. The molecule has 0 aliphatic carbocycles. The summed E-state index contributed by atoms with van der Waals surface area (Å²) in [5.74, 6) is -2.54. The maximum Gasteiger partial charge on any atom is 0.255 e. The second-order valence-electron chi connectivity index (χ2n) is 4.49. The number of hydrogen-bond donors (Lipinski definition) is 2. The molecule has 104 valence electrons. The number of nitrogens with one attached hydrogen (secondary N) is 1. The lowest BCUT2D eigenvalue weighted by Crippen LogP contribution is -2.12. The second kappa shape index (κ2) is 5.79. The fourth-order valence-corrected chi connectivity index (χ4v) is 1.71. The predicted molar refractivity (Wildman–Crippen MR) is 73.4 cm³/mol. The van der Waals surface area contributed by atoms with Crippen LogP contribution in [-0.2, 0) is 0 Å². The molecule has 3 N–H and O–H groups in total. The smallest absolute Gasteiger partial charge is 0.255 e. The summed E-state index contributed by atoms with van der Waals surface area (Å²) in [5.41, 5.74) is 7.28. The first-order valence-electron chi connectivity index (χ1n) is 6.09. The Hall–Kier alpha value is -2.27. The second-order valence-corrected chi connectivity index (χ2v) is 4.49. The van der Waals surface area contributed by atoms with E-state index in [0.717, 1.165) is 17.7 Å². The number of hydrogen-bond acceptors (Lipinski definition) is 2. The number of anilines is 1. The molecule has 0 bridgehead atoms. The molecule has 3 nitrogen and oxygen atoms in total. The highest BCUT2D eigenvalue weighted by Gasteiger charge is 2.10. The van der Waals surface area contributed by atoms with Crippen molar-refractivity contribution < 1.29 is 13.6 Å². The molecule has 2 aromatic carbocycles. The molecule has 0 fully saturated rings. The minimum atomic E-state index is -1.05. The molecule has 5 heteroatoms. The van der Waals surface area contributed by atoms with Crippen LogP contribution in [0, 0.1) is 11.6 Å². The summed E-state index contributed by atoms with van der Waals surface area (Å²) in [6.45, 7) is 1.86. The quantitative estimate of drug-likeness (QED) is 0.904. The Bertz CT molecular complexity index is 624. The fraction of sp³-hybridized carbons (Fsp3) is 0.133. The van der Waals surface area contributed by atoms with Gasteiger partial charge in [0.2, 0.25) is 0 Å². The maximum atomic E-state index is 13.1. The van der Waals surface area contributed by atoms with Crippen LogP contribution < -0.4 is 11.1 Å². The third-order valence-corrected chi connectivity index (χ3v) is 2.88. The zero-order chi connectivity index (χ0) is 14.7. The van der Waals surface area contributed by atoms with Crippen molar-refractivity contribution in [3.8, 4) is 0 Å². The van der Waals surface area contributed by atoms with Crippen LogP contribution in [0.5, 0.6) is 0 Å². The van der Waals surface area contributed by atoms with Gasteiger partial charge >= 0.3 is 0 Å². The molecule has 20 heavy (non-hydrogen) atoms. The van der Waals surface area contributed by atoms with Gasteiger partial charge in [-0.05, 0) is 42.8 Å². The maximum absolute atomic E-state index is 13.1. The van der Waals surface area contributed by atoms with Gasteiger partial charge in [0, 0.05) is 17.3 Å². The Morgan fingerprint density at radius 2 is 1.75 bits per heavy atom. The highest BCUT2D eigenvalue weighted by atomic mass is 19.2. The minimum Gasteiger partial charge on any atom is -0.324 e. The molecule has 0 heterocycles. The van der Waals surface area contributed by atoms with Crippen LogP contribution in [0.15, 0.2) is 42.5 Å². The largest absolute Gasteiger partial charge is 0.324 e. The van der Waals surface area contributed by atoms with Crippen molar-refractivity contribution in [1.29, 1.82) is 0 Å². The number of benzene rings is 2. The molecule has 1 unspecified atom stereocenters. The molecule has 1 amide bonds. The monoisotopic (exact) mass is 276 g/mol. The van der Waals surface area contributed by atoms with Gasteiger partial charge in [0.25, 0.3) is 5.91 Å². The molecule has 0 saturated carbocycles. The van der Waals surface area contributed by atoms with E-state index >= 15 is 0 Å². The van der Waals surface area contributed by atoms with Crippen molar-refractivity contribution in [3.63, 3.8) is 0 Å². The van der Waals surface area contributed by atoms with Gasteiger partial charge in [-0.15, -0.1) is 0 Å². The molecule has 0 radical (unpaired) electrons. The SMILES string of the molecule is CC(N)c1ccc(NC(=O)c2ccc(F)c(F)c2)cc1. The van der Waals surface area contributed by atoms with Gasteiger partial charge in [0.15, 0.2) is 11.6 Å². The molecule has 2 rings (SSSR count). The Morgan fingerprint density at radius 1 is 1.10 bits per heavy atom.